The Hall–Kier alpha value is -2.38. The van der Waals surface area contributed by atoms with E-state index in [1.54, 1.807) is 30.3 Å². The Morgan fingerprint density at radius 1 is 1.11 bits per heavy atom. The highest BCUT2D eigenvalue weighted by Gasteiger charge is 2.32. The van der Waals surface area contributed by atoms with Crippen LogP contribution in [-0.4, -0.2) is 38.3 Å². The molecule has 0 saturated carbocycles. The predicted octanol–water partition coefficient (Wildman–Crippen LogP) is 3.51. The van der Waals surface area contributed by atoms with Gasteiger partial charge in [-0.3, -0.25) is 4.79 Å². The molecule has 1 fully saturated rings. The molecule has 0 spiro atoms. The molecule has 0 aliphatic carbocycles. The van der Waals surface area contributed by atoms with Gasteiger partial charge in [0, 0.05) is 30.8 Å². The number of hydrogen-bond acceptors (Lipinski definition) is 4. The van der Waals surface area contributed by atoms with Gasteiger partial charge < -0.3 is 10.1 Å². The number of hydrogen-bond donors (Lipinski definition) is 1. The largest absolute Gasteiger partial charge is 0.494 e. The van der Waals surface area contributed by atoms with E-state index in [0.29, 0.717) is 43.1 Å². The van der Waals surface area contributed by atoms with Gasteiger partial charge in [0.1, 0.15) is 5.75 Å². The summed E-state index contributed by atoms with van der Waals surface area (Å²) in [4.78, 5) is 12.9. The Kier molecular flexibility index (Phi) is 6.70. The molecule has 1 N–H and O–H groups in total. The van der Waals surface area contributed by atoms with Gasteiger partial charge in [-0.1, -0.05) is 31.2 Å². The second-order valence-corrected chi connectivity index (χ2v) is 8.79. The molecular weight excluding hydrogens is 376 g/mol. The molecule has 150 valence electrons. The molecule has 6 nitrogen and oxygen atoms in total. The zero-order chi connectivity index (χ0) is 20.0. The van der Waals surface area contributed by atoms with Crippen molar-refractivity contribution >= 4 is 21.6 Å². The molecule has 1 heterocycles. The highest BCUT2D eigenvalue weighted by Crippen LogP contribution is 2.25. The Labute approximate surface area is 166 Å². The first-order valence-electron chi connectivity index (χ1n) is 9.59. The van der Waals surface area contributed by atoms with E-state index in [1.165, 1.54) is 4.31 Å². The minimum atomic E-state index is -3.50. The number of rotatable bonds is 7. The number of anilines is 1. The molecule has 0 bridgehead atoms. The Balaban J connectivity index is 1.57. The SMILES string of the molecule is CCCOc1cccc(NC(=O)C2CCN(S(=O)(=O)c3ccccc3)CC2)c1. The van der Waals surface area contributed by atoms with Gasteiger partial charge in [0.05, 0.1) is 11.5 Å². The number of ether oxygens (including phenoxy) is 1. The van der Waals surface area contributed by atoms with Crippen LogP contribution < -0.4 is 10.1 Å². The van der Waals surface area contributed by atoms with E-state index in [-0.39, 0.29) is 11.8 Å². The van der Waals surface area contributed by atoms with Crippen molar-refractivity contribution in [1.29, 1.82) is 0 Å². The molecule has 1 amide bonds. The molecule has 1 aliphatic rings. The maximum Gasteiger partial charge on any atom is 0.243 e. The van der Waals surface area contributed by atoms with Crippen LogP contribution in [-0.2, 0) is 14.8 Å². The molecular formula is C21H26N2O4S. The van der Waals surface area contributed by atoms with E-state index in [0.717, 1.165) is 12.2 Å². The summed E-state index contributed by atoms with van der Waals surface area (Å²) in [6, 6.07) is 15.8. The van der Waals surface area contributed by atoms with Crippen LogP contribution in [0, 0.1) is 5.92 Å². The number of carbonyl (C=O) groups is 1. The summed E-state index contributed by atoms with van der Waals surface area (Å²) in [5.74, 6) is 0.440. The summed E-state index contributed by atoms with van der Waals surface area (Å²) in [5, 5.41) is 2.93. The normalized spacial score (nSPS) is 15.9. The lowest BCUT2D eigenvalue weighted by Gasteiger charge is -2.30. The van der Waals surface area contributed by atoms with Gasteiger partial charge in [0.15, 0.2) is 0 Å². The fourth-order valence-corrected chi connectivity index (χ4v) is 4.72. The highest BCUT2D eigenvalue weighted by molar-refractivity contribution is 7.89. The molecule has 1 saturated heterocycles. The first-order valence-corrected chi connectivity index (χ1v) is 11.0. The van der Waals surface area contributed by atoms with Crippen molar-refractivity contribution in [3.05, 3.63) is 54.6 Å². The van der Waals surface area contributed by atoms with E-state index in [4.69, 9.17) is 4.74 Å². The van der Waals surface area contributed by atoms with Crippen LogP contribution in [0.2, 0.25) is 0 Å². The van der Waals surface area contributed by atoms with Gasteiger partial charge in [0.25, 0.3) is 0 Å². The average Bonchev–Trinajstić information content (AvgIpc) is 2.73. The third-order valence-corrected chi connectivity index (χ3v) is 6.69. The van der Waals surface area contributed by atoms with Crippen LogP contribution in [0.15, 0.2) is 59.5 Å². The molecule has 0 radical (unpaired) electrons. The smallest absolute Gasteiger partial charge is 0.243 e. The van der Waals surface area contributed by atoms with E-state index in [9.17, 15) is 13.2 Å². The molecule has 7 heteroatoms. The average molecular weight is 403 g/mol. The van der Waals surface area contributed by atoms with E-state index < -0.39 is 10.0 Å². The second kappa shape index (κ2) is 9.21. The summed E-state index contributed by atoms with van der Waals surface area (Å²) in [6.07, 6.45) is 1.93. The lowest BCUT2D eigenvalue weighted by atomic mass is 9.97. The lowest BCUT2D eigenvalue weighted by molar-refractivity contribution is -0.120. The van der Waals surface area contributed by atoms with E-state index >= 15 is 0 Å². The number of benzene rings is 2. The van der Waals surface area contributed by atoms with Gasteiger partial charge in [-0.25, -0.2) is 8.42 Å². The molecule has 0 atom stereocenters. The summed E-state index contributed by atoms with van der Waals surface area (Å²) >= 11 is 0. The maximum atomic E-state index is 12.7. The van der Waals surface area contributed by atoms with Crippen molar-refractivity contribution < 1.29 is 17.9 Å². The highest BCUT2D eigenvalue weighted by atomic mass is 32.2. The zero-order valence-electron chi connectivity index (χ0n) is 16.0. The van der Waals surface area contributed by atoms with Gasteiger partial charge in [-0.2, -0.15) is 4.31 Å². The van der Waals surface area contributed by atoms with Crippen LogP contribution in [0.4, 0.5) is 5.69 Å². The first-order chi connectivity index (χ1) is 13.5. The van der Waals surface area contributed by atoms with Crippen LogP contribution in [0.25, 0.3) is 0 Å². The number of piperidine rings is 1. The second-order valence-electron chi connectivity index (χ2n) is 6.86. The van der Waals surface area contributed by atoms with Crippen molar-refractivity contribution in [3.63, 3.8) is 0 Å². The summed E-state index contributed by atoms with van der Waals surface area (Å²) in [5.41, 5.74) is 0.693. The first kappa shape index (κ1) is 20.4. The Morgan fingerprint density at radius 2 is 1.82 bits per heavy atom. The van der Waals surface area contributed by atoms with E-state index in [1.807, 2.05) is 31.2 Å². The van der Waals surface area contributed by atoms with Crippen LogP contribution in [0.5, 0.6) is 5.75 Å². The molecule has 0 aromatic heterocycles. The molecule has 1 aliphatic heterocycles. The molecule has 28 heavy (non-hydrogen) atoms. The summed E-state index contributed by atoms with van der Waals surface area (Å²) in [6.45, 7) is 3.35. The molecule has 2 aromatic carbocycles. The van der Waals surface area contributed by atoms with Crippen LogP contribution in [0.1, 0.15) is 26.2 Å². The Bertz CT molecular complexity index is 892. The van der Waals surface area contributed by atoms with Gasteiger partial charge >= 0.3 is 0 Å². The monoisotopic (exact) mass is 402 g/mol. The number of sulfonamides is 1. The standard InChI is InChI=1S/C21H26N2O4S/c1-2-15-27-19-8-6-7-18(16-19)22-21(24)17-11-13-23(14-12-17)28(25,26)20-9-4-3-5-10-20/h3-10,16-17H,2,11-15H2,1H3,(H,22,24). The summed E-state index contributed by atoms with van der Waals surface area (Å²) < 4.78 is 32.4. The number of nitrogens with zero attached hydrogens (tertiary/aromatic N) is 1. The number of nitrogens with one attached hydrogen (secondary N) is 1. The Morgan fingerprint density at radius 3 is 2.50 bits per heavy atom. The van der Waals surface area contributed by atoms with Crippen molar-refractivity contribution in [3.8, 4) is 5.75 Å². The fraction of sp³-hybridized carbons (Fsp3) is 0.381. The fourth-order valence-electron chi connectivity index (χ4n) is 3.23. The van der Waals surface area contributed by atoms with E-state index in [2.05, 4.69) is 5.32 Å². The van der Waals surface area contributed by atoms with Gasteiger partial charge in [0.2, 0.25) is 15.9 Å². The van der Waals surface area contributed by atoms with Crippen LogP contribution >= 0.6 is 0 Å². The van der Waals surface area contributed by atoms with Gasteiger partial charge in [-0.15, -0.1) is 0 Å². The molecule has 3 rings (SSSR count). The third kappa shape index (κ3) is 4.91. The quantitative estimate of drug-likeness (QED) is 0.769. The lowest BCUT2D eigenvalue weighted by Crippen LogP contribution is -2.41. The van der Waals surface area contributed by atoms with Crippen molar-refractivity contribution in [1.82, 2.24) is 4.31 Å². The molecule has 0 unspecified atom stereocenters. The third-order valence-electron chi connectivity index (χ3n) is 4.78. The van der Waals surface area contributed by atoms with Crippen molar-refractivity contribution in [2.24, 2.45) is 5.92 Å². The van der Waals surface area contributed by atoms with Crippen molar-refractivity contribution in [2.45, 2.75) is 31.1 Å². The van der Waals surface area contributed by atoms with Gasteiger partial charge in [-0.05, 0) is 43.5 Å². The minimum Gasteiger partial charge on any atom is -0.494 e. The molecule has 2 aromatic rings. The number of carbonyl (C=O) groups excluding carboxylic acids is 1. The minimum absolute atomic E-state index is 0.0793. The predicted molar refractivity (Wildman–Crippen MR) is 109 cm³/mol. The van der Waals surface area contributed by atoms with Crippen molar-refractivity contribution in [2.75, 3.05) is 25.0 Å². The maximum absolute atomic E-state index is 12.7. The number of amides is 1. The zero-order valence-corrected chi connectivity index (χ0v) is 16.8. The van der Waals surface area contributed by atoms with Crippen LogP contribution in [0.3, 0.4) is 0 Å². The topological polar surface area (TPSA) is 75.7 Å². The summed E-state index contributed by atoms with van der Waals surface area (Å²) in [7, 11) is -3.50.